The Hall–Kier alpha value is -0.660. The van der Waals surface area contributed by atoms with E-state index in [0.717, 1.165) is 38.5 Å². The molecule has 9 rings (SSSR count). The fraction of sp³-hybridized carbons (Fsp3) is 0.943. The lowest BCUT2D eigenvalue weighted by molar-refractivity contribution is -0.344. The molecule has 5 N–H and O–H groups in total. The molecule has 252 valence electrons. The van der Waals surface area contributed by atoms with Crippen molar-refractivity contribution >= 4 is 0 Å². The molecule has 4 aliphatic heterocycles. The van der Waals surface area contributed by atoms with Crippen LogP contribution in [0, 0.1) is 44.8 Å². The molecule has 10 heteroatoms. The highest BCUT2D eigenvalue weighted by Gasteiger charge is 2.85. The summed E-state index contributed by atoms with van der Waals surface area (Å²) in [5.74, 6) is 0.0166. The first-order chi connectivity index (χ1) is 21.0. The number of aliphatic hydroxyl groups is 5. The summed E-state index contributed by atoms with van der Waals surface area (Å²) in [5, 5.41) is 53.6. The number of hydrogen-bond acceptors (Lipinski definition) is 10. The number of aliphatic hydroxyl groups excluding tert-OH is 5. The molecule has 0 aromatic rings. The lowest BCUT2D eigenvalue weighted by atomic mass is 9.44. The molecule has 1 unspecified atom stereocenters. The van der Waals surface area contributed by atoms with Gasteiger partial charge in [-0.25, -0.2) is 0 Å². The van der Waals surface area contributed by atoms with Crippen molar-refractivity contribution in [3.63, 3.8) is 0 Å². The van der Waals surface area contributed by atoms with Gasteiger partial charge in [0.25, 0.3) is 0 Å². The molecule has 3 spiro atoms. The van der Waals surface area contributed by atoms with Crippen LogP contribution in [-0.2, 0) is 23.7 Å². The Morgan fingerprint density at radius 1 is 0.911 bits per heavy atom. The molecule has 10 nitrogen and oxygen atoms in total. The van der Waals surface area contributed by atoms with Crippen LogP contribution < -0.4 is 0 Å². The second-order valence-corrected chi connectivity index (χ2v) is 17.9. The number of ether oxygens (including phenoxy) is 5. The van der Waals surface area contributed by atoms with Crippen LogP contribution in [0.4, 0.5) is 0 Å². The fourth-order valence-electron chi connectivity index (χ4n) is 13.4. The smallest absolute Gasteiger partial charge is 0.201 e. The van der Waals surface area contributed by atoms with Crippen LogP contribution in [0.15, 0.2) is 11.6 Å². The third-order valence-corrected chi connectivity index (χ3v) is 15.8. The highest BCUT2D eigenvalue weighted by Crippen LogP contribution is 2.88. The van der Waals surface area contributed by atoms with Crippen LogP contribution in [-0.4, -0.2) is 98.8 Å². The van der Waals surface area contributed by atoms with Gasteiger partial charge in [0, 0.05) is 23.7 Å². The van der Waals surface area contributed by atoms with Crippen molar-refractivity contribution in [1.82, 2.24) is 0 Å². The zero-order valence-electron chi connectivity index (χ0n) is 27.4. The van der Waals surface area contributed by atoms with Crippen LogP contribution in [0.1, 0.15) is 86.5 Å². The minimum absolute atomic E-state index is 0.00673. The minimum Gasteiger partial charge on any atom is -0.392 e. The summed E-state index contributed by atoms with van der Waals surface area (Å²) in [6.07, 6.45) is 1.49. The molecular weight excluding hydrogens is 580 g/mol. The summed E-state index contributed by atoms with van der Waals surface area (Å²) in [4.78, 5) is 0. The van der Waals surface area contributed by atoms with E-state index in [4.69, 9.17) is 23.7 Å². The van der Waals surface area contributed by atoms with Crippen molar-refractivity contribution in [3.05, 3.63) is 11.6 Å². The lowest BCUT2D eigenvalue weighted by Crippen LogP contribution is -2.61. The molecule has 5 aliphatic carbocycles. The van der Waals surface area contributed by atoms with E-state index in [-0.39, 0.29) is 57.9 Å². The van der Waals surface area contributed by atoms with Gasteiger partial charge in [0.2, 0.25) is 5.79 Å². The molecule has 9 aliphatic rings. The average molecular weight is 633 g/mol. The van der Waals surface area contributed by atoms with Crippen LogP contribution >= 0.6 is 0 Å². The normalized spacial score (nSPS) is 65.1. The number of fused-ring (bicyclic) bond motifs is 6. The zero-order chi connectivity index (χ0) is 31.9. The molecule has 0 amide bonds. The van der Waals surface area contributed by atoms with Gasteiger partial charge in [0.15, 0.2) is 12.6 Å². The van der Waals surface area contributed by atoms with Gasteiger partial charge in [-0.2, -0.15) is 0 Å². The molecule has 8 fully saturated rings. The van der Waals surface area contributed by atoms with Gasteiger partial charge in [-0.3, -0.25) is 0 Å². The highest BCUT2D eigenvalue weighted by molar-refractivity contribution is 5.47. The van der Waals surface area contributed by atoms with E-state index < -0.39 is 48.4 Å². The number of allylic oxidation sites excluding steroid dienone is 2. The monoisotopic (exact) mass is 632 g/mol. The number of hydrogen-bond donors (Lipinski definition) is 5. The first-order valence-corrected chi connectivity index (χ1v) is 17.4. The molecule has 0 aromatic heterocycles. The molecular formula is C35H52O10. The fourth-order valence-corrected chi connectivity index (χ4v) is 13.4. The summed E-state index contributed by atoms with van der Waals surface area (Å²) >= 11 is 0. The van der Waals surface area contributed by atoms with Gasteiger partial charge in [-0.1, -0.05) is 46.3 Å². The van der Waals surface area contributed by atoms with E-state index in [1.165, 1.54) is 5.57 Å². The van der Waals surface area contributed by atoms with Gasteiger partial charge in [0.1, 0.15) is 30.0 Å². The van der Waals surface area contributed by atoms with Gasteiger partial charge in [-0.15, -0.1) is 0 Å². The van der Waals surface area contributed by atoms with E-state index >= 15 is 0 Å². The highest BCUT2D eigenvalue weighted by atomic mass is 16.8. The summed E-state index contributed by atoms with van der Waals surface area (Å²) < 4.78 is 31.1. The first-order valence-electron chi connectivity index (χ1n) is 17.4. The SMILES string of the molecule is C[C@@H]1C[C@]2(OC(O)[C@@]3(C)O[C@@H]23)O[C@H]2C[C@@]3(C)C4=CC[C@H]5C(C)(C)[C@@H](O[C@@H]6OC[C@@H](O)[C@H](O)[C@H]6O)C[C@H](O)[C@@]56C[C@@]46CC[C@]3(C)[C@@H]12. The summed E-state index contributed by atoms with van der Waals surface area (Å²) in [6, 6.07) is 0. The summed E-state index contributed by atoms with van der Waals surface area (Å²) in [5.41, 5.74) is 0.200. The van der Waals surface area contributed by atoms with Crippen molar-refractivity contribution < 1.29 is 49.2 Å². The molecule has 4 heterocycles. The first kappa shape index (κ1) is 30.4. The lowest BCUT2D eigenvalue weighted by Gasteiger charge is -2.61. The summed E-state index contributed by atoms with van der Waals surface area (Å²) in [7, 11) is 0. The second kappa shape index (κ2) is 8.73. The Labute approximate surface area is 265 Å². The third-order valence-electron chi connectivity index (χ3n) is 15.8. The van der Waals surface area contributed by atoms with E-state index in [1.54, 1.807) is 0 Å². The van der Waals surface area contributed by atoms with Crippen LogP contribution in [0.5, 0.6) is 0 Å². The maximum absolute atomic E-state index is 12.1. The van der Waals surface area contributed by atoms with E-state index in [2.05, 4.69) is 40.7 Å². The van der Waals surface area contributed by atoms with E-state index in [0.29, 0.717) is 18.3 Å². The Bertz CT molecular complexity index is 1340. The van der Waals surface area contributed by atoms with E-state index in [9.17, 15) is 25.5 Å². The maximum Gasteiger partial charge on any atom is 0.201 e. The Kier molecular flexibility index (Phi) is 5.90. The van der Waals surface area contributed by atoms with Crippen molar-refractivity contribution in [3.8, 4) is 0 Å². The van der Waals surface area contributed by atoms with Crippen molar-refractivity contribution in [2.24, 2.45) is 44.8 Å². The maximum atomic E-state index is 12.1. The predicted molar refractivity (Wildman–Crippen MR) is 158 cm³/mol. The molecule has 0 radical (unpaired) electrons. The minimum atomic E-state index is -1.36. The molecule has 4 saturated carbocycles. The van der Waals surface area contributed by atoms with Crippen LogP contribution in [0.2, 0.25) is 0 Å². The van der Waals surface area contributed by atoms with Crippen LogP contribution in [0.25, 0.3) is 0 Å². The zero-order valence-corrected chi connectivity index (χ0v) is 27.4. The Balaban J connectivity index is 1.02. The van der Waals surface area contributed by atoms with Gasteiger partial charge in [0.05, 0.1) is 24.9 Å². The van der Waals surface area contributed by atoms with Crippen LogP contribution in [0.3, 0.4) is 0 Å². The van der Waals surface area contributed by atoms with Gasteiger partial charge >= 0.3 is 0 Å². The quantitative estimate of drug-likeness (QED) is 0.227. The Morgan fingerprint density at radius 3 is 2.36 bits per heavy atom. The second-order valence-electron chi connectivity index (χ2n) is 17.9. The van der Waals surface area contributed by atoms with Gasteiger partial charge in [-0.05, 0) is 73.0 Å². The molecule has 0 bridgehead atoms. The number of rotatable bonds is 2. The Morgan fingerprint density at radius 2 is 1.67 bits per heavy atom. The van der Waals surface area contributed by atoms with E-state index in [1.807, 2.05) is 6.92 Å². The largest absolute Gasteiger partial charge is 0.392 e. The standard InChI is InChI=1S/C35H52O10/c1-16-12-35(27-32(6,44-27)28(40)45-35)43-18-13-31(5)20-8-7-19-29(2,3)22(42-26-25(39)24(38)17(36)14-41-26)11-21(37)34(19)15-33(20,34)10-9-30(31,4)23(16)18/h8,16-19,21-28,36-40H,7,9-15H2,1-6H3/t16-,17-,18+,19+,21+,22+,23+,24+,25-,26+,27-,28?,30-,31+,32+,33+,34-,35-/m1/s1. The topological polar surface area (TPSA) is 151 Å². The average Bonchev–Trinajstić information content (AvgIpc) is 3.82. The van der Waals surface area contributed by atoms with Gasteiger partial charge < -0.3 is 49.2 Å². The third kappa shape index (κ3) is 3.32. The molecule has 4 saturated heterocycles. The van der Waals surface area contributed by atoms with Crippen molar-refractivity contribution in [1.29, 1.82) is 0 Å². The predicted octanol–water partition coefficient (Wildman–Crippen LogP) is 2.38. The summed E-state index contributed by atoms with van der Waals surface area (Å²) in [6.45, 7) is 13.5. The van der Waals surface area contributed by atoms with Crippen molar-refractivity contribution in [2.45, 2.75) is 153 Å². The van der Waals surface area contributed by atoms with Crippen molar-refractivity contribution in [2.75, 3.05) is 6.61 Å². The molecule has 0 aromatic carbocycles. The number of epoxide rings is 1. The molecule has 18 atom stereocenters. The molecule has 45 heavy (non-hydrogen) atoms.